The Morgan fingerprint density at radius 1 is 1.44 bits per heavy atom. The molecular formula is C10H18N4O2. The summed E-state index contributed by atoms with van der Waals surface area (Å²) in [6.07, 6.45) is 1.37. The van der Waals surface area contributed by atoms with Crippen LogP contribution in [0.1, 0.15) is 39.8 Å². The van der Waals surface area contributed by atoms with E-state index in [2.05, 4.69) is 10.3 Å². The lowest BCUT2D eigenvalue weighted by atomic mass is 9.90. The monoisotopic (exact) mass is 226 g/mol. The lowest BCUT2D eigenvalue weighted by molar-refractivity contribution is -0.393. The smallest absolute Gasteiger partial charge is 0.358 e. The molecular weight excluding hydrogens is 208 g/mol. The summed E-state index contributed by atoms with van der Waals surface area (Å²) >= 11 is 0. The molecule has 0 aliphatic rings. The van der Waals surface area contributed by atoms with Crippen LogP contribution < -0.4 is 0 Å². The minimum Gasteiger partial charge on any atom is -0.358 e. The summed E-state index contributed by atoms with van der Waals surface area (Å²) in [6, 6.07) is 0. The van der Waals surface area contributed by atoms with Crippen molar-refractivity contribution in [2.75, 3.05) is 0 Å². The fourth-order valence-corrected chi connectivity index (χ4v) is 1.52. The summed E-state index contributed by atoms with van der Waals surface area (Å²) in [5, 5.41) is 18.7. The van der Waals surface area contributed by atoms with E-state index in [1.165, 1.54) is 4.68 Å². The van der Waals surface area contributed by atoms with E-state index >= 15 is 0 Å². The Morgan fingerprint density at radius 2 is 2.06 bits per heavy atom. The zero-order valence-corrected chi connectivity index (χ0v) is 10.2. The first-order valence-electron chi connectivity index (χ1n) is 5.42. The van der Waals surface area contributed by atoms with Crippen LogP contribution in [0.15, 0.2) is 0 Å². The second-order valence-corrected chi connectivity index (χ2v) is 5.08. The van der Waals surface area contributed by atoms with Gasteiger partial charge in [0.2, 0.25) is 0 Å². The molecule has 90 valence electrons. The van der Waals surface area contributed by atoms with Gasteiger partial charge in [-0.25, -0.2) is 0 Å². The van der Waals surface area contributed by atoms with E-state index in [0.29, 0.717) is 18.7 Å². The fourth-order valence-electron chi connectivity index (χ4n) is 1.52. The molecule has 0 radical (unpaired) electrons. The lowest BCUT2D eigenvalue weighted by Crippen LogP contribution is -2.12. The van der Waals surface area contributed by atoms with Crippen LogP contribution in [-0.2, 0) is 13.0 Å². The molecule has 1 aromatic rings. The van der Waals surface area contributed by atoms with Crippen LogP contribution in [0.3, 0.4) is 0 Å². The Bertz CT molecular complexity index is 379. The molecule has 0 saturated carbocycles. The van der Waals surface area contributed by atoms with E-state index in [1.54, 1.807) is 0 Å². The second-order valence-electron chi connectivity index (χ2n) is 5.08. The molecule has 0 atom stereocenters. The van der Waals surface area contributed by atoms with Gasteiger partial charge in [0.15, 0.2) is 5.69 Å². The summed E-state index contributed by atoms with van der Waals surface area (Å²) in [4.78, 5) is 10.6. The minimum absolute atomic E-state index is 0.0299. The Hall–Kier alpha value is -1.46. The quantitative estimate of drug-likeness (QED) is 0.582. The molecule has 0 N–H and O–H groups in total. The van der Waals surface area contributed by atoms with Crippen molar-refractivity contribution in [1.29, 1.82) is 0 Å². The number of aromatic nitrogens is 3. The molecule has 1 rings (SSSR count). The Balaban J connectivity index is 3.05. The van der Waals surface area contributed by atoms with E-state index < -0.39 is 4.92 Å². The van der Waals surface area contributed by atoms with Crippen molar-refractivity contribution in [3.05, 3.63) is 15.8 Å². The van der Waals surface area contributed by atoms with Crippen LogP contribution in [0, 0.1) is 15.5 Å². The average Bonchev–Trinajstić information content (AvgIpc) is 2.45. The van der Waals surface area contributed by atoms with Gasteiger partial charge in [0.1, 0.15) is 6.54 Å². The molecule has 1 aromatic heterocycles. The highest BCUT2D eigenvalue weighted by molar-refractivity contribution is 5.26. The molecule has 0 amide bonds. The van der Waals surface area contributed by atoms with Gasteiger partial charge in [0, 0.05) is 11.6 Å². The van der Waals surface area contributed by atoms with E-state index in [1.807, 2.05) is 27.7 Å². The highest BCUT2D eigenvalue weighted by Gasteiger charge is 2.26. The van der Waals surface area contributed by atoms with Gasteiger partial charge in [-0.2, -0.15) is 0 Å². The number of nitro groups is 1. The number of aryl methyl sites for hydroxylation is 1. The van der Waals surface area contributed by atoms with Gasteiger partial charge in [-0.15, -0.1) is 9.78 Å². The van der Waals surface area contributed by atoms with Crippen LogP contribution >= 0.6 is 0 Å². The zero-order chi connectivity index (χ0) is 12.3. The molecule has 0 saturated heterocycles. The summed E-state index contributed by atoms with van der Waals surface area (Å²) < 4.78 is 1.38. The van der Waals surface area contributed by atoms with Crippen LogP contribution in [-0.4, -0.2) is 19.9 Å². The normalized spacial score (nSPS) is 11.8. The van der Waals surface area contributed by atoms with Crippen molar-refractivity contribution in [3.63, 3.8) is 0 Å². The van der Waals surface area contributed by atoms with Crippen LogP contribution in [0.25, 0.3) is 0 Å². The summed E-state index contributed by atoms with van der Waals surface area (Å²) in [5.74, 6) is 0.0387. The maximum Gasteiger partial charge on any atom is 0.368 e. The largest absolute Gasteiger partial charge is 0.368 e. The van der Waals surface area contributed by atoms with Gasteiger partial charge in [-0.3, -0.25) is 0 Å². The molecule has 0 bridgehead atoms. The van der Waals surface area contributed by atoms with E-state index in [9.17, 15) is 10.1 Å². The predicted octanol–water partition coefficient (Wildman–Crippen LogP) is 2.18. The highest BCUT2D eigenvalue weighted by atomic mass is 16.6. The van der Waals surface area contributed by atoms with E-state index in [0.717, 1.165) is 6.42 Å². The van der Waals surface area contributed by atoms with Crippen LogP contribution in [0.4, 0.5) is 5.82 Å². The maximum absolute atomic E-state index is 11.0. The molecule has 6 nitrogen and oxygen atoms in total. The third-order valence-corrected chi connectivity index (χ3v) is 2.08. The van der Waals surface area contributed by atoms with Gasteiger partial charge in [0.05, 0.1) is 0 Å². The Morgan fingerprint density at radius 3 is 2.50 bits per heavy atom. The number of nitrogens with zero attached hydrogens (tertiary/aromatic N) is 4. The predicted molar refractivity (Wildman–Crippen MR) is 60.1 cm³/mol. The molecule has 0 aliphatic heterocycles. The van der Waals surface area contributed by atoms with Gasteiger partial charge >= 0.3 is 5.82 Å². The molecule has 0 spiro atoms. The average molecular weight is 226 g/mol. The Kier molecular flexibility index (Phi) is 3.62. The third kappa shape index (κ3) is 3.01. The van der Waals surface area contributed by atoms with Gasteiger partial charge < -0.3 is 10.1 Å². The molecule has 6 heteroatoms. The topological polar surface area (TPSA) is 73.8 Å². The number of rotatable bonds is 4. The maximum atomic E-state index is 11.0. The van der Waals surface area contributed by atoms with E-state index in [4.69, 9.17) is 0 Å². The second kappa shape index (κ2) is 4.59. The van der Waals surface area contributed by atoms with Gasteiger partial charge in [-0.1, -0.05) is 27.7 Å². The molecule has 1 heterocycles. The lowest BCUT2D eigenvalue weighted by Gasteiger charge is -2.15. The molecule has 16 heavy (non-hydrogen) atoms. The van der Waals surface area contributed by atoms with Crippen molar-refractivity contribution in [1.82, 2.24) is 15.0 Å². The van der Waals surface area contributed by atoms with Crippen LogP contribution in [0.2, 0.25) is 0 Å². The molecule has 0 fully saturated rings. The van der Waals surface area contributed by atoms with Crippen LogP contribution in [0.5, 0.6) is 0 Å². The standard InChI is InChI=1S/C10H18N4O2/c1-5-6-13-9(14(15)16)8(11-12-13)7-10(2,3)4/h5-7H2,1-4H3. The van der Waals surface area contributed by atoms with Crippen molar-refractivity contribution in [2.45, 2.75) is 47.1 Å². The molecule has 0 unspecified atom stereocenters. The number of hydrogen-bond donors (Lipinski definition) is 0. The number of hydrogen-bond acceptors (Lipinski definition) is 4. The first-order valence-corrected chi connectivity index (χ1v) is 5.42. The van der Waals surface area contributed by atoms with Crippen molar-refractivity contribution in [3.8, 4) is 0 Å². The van der Waals surface area contributed by atoms with Crippen molar-refractivity contribution < 1.29 is 4.92 Å². The third-order valence-electron chi connectivity index (χ3n) is 2.08. The van der Waals surface area contributed by atoms with Crippen molar-refractivity contribution in [2.24, 2.45) is 5.41 Å². The summed E-state index contributed by atoms with van der Waals surface area (Å²) in [6.45, 7) is 8.56. The zero-order valence-electron chi connectivity index (χ0n) is 10.2. The molecule has 0 aliphatic carbocycles. The Labute approximate surface area is 94.8 Å². The van der Waals surface area contributed by atoms with Crippen molar-refractivity contribution >= 4 is 5.82 Å². The fraction of sp³-hybridized carbons (Fsp3) is 0.800. The summed E-state index contributed by atoms with van der Waals surface area (Å²) in [7, 11) is 0. The van der Waals surface area contributed by atoms with E-state index in [-0.39, 0.29) is 11.2 Å². The minimum atomic E-state index is -0.392. The summed E-state index contributed by atoms with van der Waals surface area (Å²) in [5.41, 5.74) is 0.448. The first kappa shape index (κ1) is 12.6. The van der Waals surface area contributed by atoms with Gasteiger partial charge in [0.25, 0.3) is 0 Å². The molecule has 0 aromatic carbocycles. The SMILES string of the molecule is CCCn1nnc(CC(C)(C)C)c1[N+](=O)[O-]. The van der Waals surface area contributed by atoms with Gasteiger partial charge in [-0.05, 0) is 16.8 Å². The first-order chi connectivity index (χ1) is 7.35. The highest BCUT2D eigenvalue weighted by Crippen LogP contribution is 2.25.